The Balaban J connectivity index is 1.88. The number of nitrogen functional groups attached to an aromatic ring is 1. The maximum absolute atomic E-state index is 12.2. The van der Waals surface area contributed by atoms with Gasteiger partial charge in [0.05, 0.1) is 21.6 Å². The Morgan fingerprint density at radius 3 is 2.90 bits per heavy atom. The van der Waals surface area contributed by atoms with Crippen molar-refractivity contribution in [2.45, 2.75) is 24.0 Å². The first kappa shape index (κ1) is 15.1. The molecule has 1 aromatic rings. The van der Waals surface area contributed by atoms with Crippen LogP contribution in [0.4, 0.5) is 5.13 Å². The molecule has 2 rings (SSSR count). The van der Waals surface area contributed by atoms with Crippen molar-refractivity contribution in [2.75, 3.05) is 24.6 Å². The molecule has 1 aliphatic rings. The molecule has 20 heavy (non-hydrogen) atoms. The van der Waals surface area contributed by atoms with Crippen LogP contribution in [0.2, 0.25) is 0 Å². The monoisotopic (exact) mass is 314 g/mol. The molecule has 0 spiro atoms. The number of likely N-dealkylation sites (tertiary alicyclic amines) is 1. The maximum Gasteiger partial charge on any atom is 0.232 e. The van der Waals surface area contributed by atoms with Crippen molar-refractivity contribution in [2.24, 2.45) is 11.7 Å². The first-order valence-corrected chi connectivity index (χ1v) is 8.20. The van der Waals surface area contributed by atoms with Gasteiger partial charge in [-0.2, -0.15) is 0 Å². The third-order valence-electron chi connectivity index (χ3n) is 3.27. The molecular weight excluding hydrogens is 296 g/mol. The van der Waals surface area contributed by atoms with Crippen LogP contribution in [-0.4, -0.2) is 40.5 Å². The number of carbonyl (C=O) groups excluding carboxylic acids is 2. The van der Waals surface area contributed by atoms with Gasteiger partial charge in [0.1, 0.15) is 0 Å². The van der Waals surface area contributed by atoms with Crippen LogP contribution in [0.15, 0.2) is 4.21 Å². The summed E-state index contributed by atoms with van der Waals surface area (Å²) < 4.78 is 0.972. The molecule has 1 aliphatic heterocycles. The van der Waals surface area contributed by atoms with E-state index in [0.29, 0.717) is 24.0 Å². The molecule has 6 nitrogen and oxygen atoms in total. The number of rotatable bonds is 4. The van der Waals surface area contributed by atoms with Gasteiger partial charge in [-0.15, -0.1) is 11.8 Å². The highest BCUT2D eigenvalue weighted by atomic mass is 32.2. The molecule has 0 bridgehead atoms. The van der Waals surface area contributed by atoms with Crippen LogP contribution < -0.4 is 11.5 Å². The van der Waals surface area contributed by atoms with Gasteiger partial charge in [0.2, 0.25) is 11.8 Å². The van der Waals surface area contributed by atoms with Gasteiger partial charge in [-0.05, 0) is 19.8 Å². The van der Waals surface area contributed by atoms with Gasteiger partial charge in [-0.25, -0.2) is 4.98 Å². The highest BCUT2D eigenvalue weighted by Gasteiger charge is 2.26. The van der Waals surface area contributed by atoms with E-state index in [1.165, 1.54) is 23.1 Å². The smallest absolute Gasteiger partial charge is 0.232 e. The van der Waals surface area contributed by atoms with Crippen molar-refractivity contribution < 1.29 is 9.59 Å². The Morgan fingerprint density at radius 1 is 1.55 bits per heavy atom. The molecule has 1 saturated heterocycles. The molecule has 2 amide bonds. The number of aromatic nitrogens is 1. The summed E-state index contributed by atoms with van der Waals surface area (Å²) in [4.78, 5) is 29.2. The largest absolute Gasteiger partial charge is 0.375 e. The van der Waals surface area contributed by atoms with E-state index in [1.807, 2.05) is 6.92 Å². The normalized spacial score (nSPS) is 19.1. The zero-order chi connectivity index (χ0) is 14.7. The molecule has 2 heterocycles. The molecule has 0 aliphatic carbocycles. The van der Waals surface area contributed by atoms with E-state index < -0.39 is 0 Å². The van der Waals surface area contributed by atoms with Crippen molar-refractivity contribution in [1.82, 2.24) is 9.88 Å². The molecule has 1 unspecified atom stereocenters. The van der Waals surface area contributed by atoms with E-state index in [2.05, 4.69) is 4.98 Å². The van der Waals surface area contributed by atoms with Crippen molar-refractivity contribution in [3.8, 4) is 0 Å². The number of primary amides is 1. The Kier molecular flexibility index (Phi) is 4.87. The highest BCUT2D eigenvalue weighted by molar-refractivity contribution is 8.01. The van der Waals surface area contributed by atoms with Crippen LogP contribution in [0.3, 0.4) is 0 Å². The Hall–Kier alpha value is -1.28. The van der Waals surface area contributed by atoms with Gasteiger partial charge < -0.3 is 16.4 Å². The fourth-order valence-corrected chi connectivity index (χ4v) is 4.12. The third kappa shape index (κ3) is 3.63. The Morgan fingerprint density at radius 2 is 2.30 bits per heavy atom. The standard InChI is InChI=1S/C12H18N4O2S2/c1-7-11(20-12(14)15-7)19-6-9(17)16-4-2-3-8(5-16)10(13)18/h8H,2-6H2,1H3,(H2,13,18)(H2,14,15). The van der Waals surface area contributed by atoms with Gasteiger partial charge in [0.25, 0.3) is 0 Å². The van der Waals surface area contributed by atoms with Gasteiger partial charge >= 0.3 is 0 Å². The SMILES string of the molecule is Cc1nc(N)sc1SCC(=O)N1CCCC(C(N)=O)C1. The van der Waals surface area contributed by atoms with E-state index in [0.717, 1.165) is 22.7 Å². The number of thiazole rings is 1. The minimum absolute atomic E-state index is 0.0346. The number of nitrogens with zero attached hydrogens (tertiary/aromatic N) is 2. The average Bonchev–Trinajstić information content (AvgIpc) is 2.74. The number of amides is 2. The lowest BCUT2D eigenvalue weighted by molar-refractivity contribution is -0.132. The lowest BCUT2D eigenvalue weighted by atomic mass is 9.97. The summed E-state index contributed by atoms with van der Waals surface area (Å²) in [5, 5.41) is 0.518. The van der Waals surface area contributed by atoms with Crippen molar-refractivity contribution in [3.05, 3.63) is 5.69 Å². The average molecular weight is 314 g/mol. The highest BCUT2D eigenvalue weighted by Crippen LogP contribution is 2.30. The number of hydrogen-bond acceptors (Lipinski definition) is 6. The predicted octanol–water partition coefficient (Wildman–Crippen LogP) is 0.850. The zero-order valence-electron chi connectivity index (χ0n) is 11.3. The number of thioether (sulfide) groups is 1. The van der Waals surface area contributed by atoms with E-state index in [9.17, 15) is 9.59 Å². The number of hydrogen-bond donors (Lipinski definition) is 2. The molecule has 8 heteroatoms. The number of piperidine rings is 1. The fraction of sp³-hybridized carbons (Fsp3) is 0.583. The van der Waals surface area contributed by atoms with E-state index >= 15 is 0 Å². The first-order chi connectivity index (χ1) is 9.47. The summed E-state index contributed by atoms with van der Waals surface area (Å²) in [5.41, 5.74) is 11.8. The lowest BCUT2D eigenvalue weighted by Gasteiger charge is -2.31. The predicted molar refractivity (Wildman–Crippen MR) is 80.5 cm³/mol. The topological polar surface area (TPSA) is 102 Å². The molecule has 4 N–H and O–H groups in total. The molecule has 1 atom stereocenters. The second-order valence-electron chi connectivity index (χ2n) is 4.79. The van der Waals surface area contributed by atoms with Crippen molar-refractivity contribution in [3.63, 3.8) is 0 Å². The molecule has 0 radical (unpaired) electrons. The van der Waals surface area contributed by atoms with Crippen LogP contribution in [0.5, 0.6) is 0 Å². The van der Waals surface area contributed by atoms with Crippen LogP contribution in [0.1, 0.15) is 18.5 Å². The number of nitrogens with two attached hydrogens (primary N) is 2. The maximum atomic E-state index is 12.2. The fourth-order valence-electron chi connectivity index (χ4n) is 2.19. The summed E-state index contributed by atoms with van der Waals surface area (Å²) in [6.45, 7) is 3.02. The van der Waals surface area contributed by atoms with Gasteiger partial charge in [0.15, 0.2) is 5.13 Å². The lowest BCUT2D eigenvalue weighted by Crippen LogP contribution is -2.44. The first-order valence-electron chi connectivity index (χ1n) is 6.40. The second kappa shape index (κ2) is 6.45. The molecule has 110 valence electrons. The van der Waals surface area contributed by atoms with Crippen LogP contribution in [0.25, 0.3) is 0 Å². The quantitative estimate of drug-likeness (QED) is 0.802. The van der Waals surface area contributed by atoms with E-state index in [-0.39, 0.29) is 17.7 Å². The van der Waals surface area contributed by atoms with Gasteiger partial charge in [-0.1, -0.05) is 11.3 Å². The van der Waals surface area contributed by atoms with Crippen molar-refractivity contribution in [1.29, 1.82) is 0 Å². The summed E-state index contributed by atoms with van der Waals surface area (Å²) in [6, 6.07) is 0. The van der Waals surface area contributed by atoms with Crippen molar-refractivity contribution >= 4 is 40.0 Å². The molecule has 1 aromatic heterocycles. The minimum atomic E-state index is -0.318. The number of aryl methyl sites for hydroxylation is 1. The van der Waals surface area contributed by atoms with Crippen LogP contribution >= 0.6 is 23.1 Å². The third-order valence-corrected chi connectivity index (χ3v) is 5.61. The van der Waals surface area contributed by atoms with Crippen LogP contribution in [-0.2, 0) is 9.59 Å². The van der Waals surface area contributed by atoms with Gasteiger partial charge in [-0.3, -0.25) is 9.59 Å². The van der Waals surface area contributed by atoms with E-state index in [1.54, 1.807) is 4.90 Å². The summed E-state index contributed by atoms with van der Waals surface area (Å²) in [7, 11) is 0. The number of carbonyl (C=O) groups is 2. The summed E-state index contributed by atoms with van der Waals surface area (Å²) in [5.74, 6) is -0.152. The summed E-state index contributed by atoms with van der Waals surface area (Å²) in [6.07, 6.45) is 1.60. The number of anilines is 1. The molecule has 0 saturated carbocycles. The van der Waals surface area contributed by atoms with E-state index in [4.69, 9.17) is 11.5 Å². The minimum Gasteiger partial charge on any atom is -0.375 e. The summed E-state index contributed by atoms with van der Waals surface area (Å²) >= 11 is 2.84. The molecule has 0 aromatic carbocycles. The zero-order valence-corrected chi connectivity index (χ0v) is 12.9. The van der Waals surface area contributed by atoms with Crippen LogP contribution in [0, 0.1) is 12.8 Å². The van der Waals surface area contributed by atoms with Gasteiger partial charge in [0, 0.05) is 13.1 Å². The Bertz CT molecular complexity index is 518. The second-order valence-corrected chi connectivity index (χ2v) is 7.07. The Labute approximate surface area is 125 Å². The molecular formula is C12H18N4O2S2. The molecule has 1 fully saturated rings.